The van der Waals surface area contributed by atoms with E-state index in [1.165, 1.54) is 186 Å². The van der Waals surface area contributed by atoms with Crippen molar-refractivity contribution < 1.29 is 28.6 Å². The van der Waals surface area contributed by atoms with E-state index in [4.69, 9.17) is 14.2 Å². The van der Waals surface area contributed by atoms with E-state index in [-0.39, 0.29) is 31.1 Å². The highest BCUT2D eigenvalue weighted by atomic mass is 16.6. The van der Waals surface area contributed by atoms with Gasteiger partial charge in [-0.2, -0.15) is 0 Å². The van der Waals surface area contributed by atoms with Crippen molar-refractivity contribution >= 4 is 17.9 Å². The summed E-state index contributed by atoms with van der Waals surface area (Å²) in [6.07, 6.45) is 86.0. The van der Waals surface area contributed by atoms with Crippen LogP contribution in [0.2, 0.25) is 0 Å². The van der Waals surface area contributed by atoms with Gasteiger partial charge in [-0.3, -0.25) is 14.4 Å². The second-order valence-electron chi connectivity index (χ2n) is 22.0. The summed E-state index contributed by atoms with van der Waals surface area (Å²) in [7, 11) is 0. The molecule has 0 saturated carbocycles. The highest BCUT2D eigenvalue weighted by molar-refractivity contribution is 5.71. The summed E-state index contributed by atoms with van der Waals surface area (Å²) in [6, 6.07) is 0. The van der Waals surface area contributed by atoms with Crippen LogP contribution in [0.4, 0.5) is 0 Å². The van der Waals surface area contributed by atoms with Crippen molar-refractivity contribution in [2.75, 3.05) is 13.2 Å². The number of rotatable bonds is 60. The molecule has 0 amide bonds. The van der Waals surface area contributed by atoms with Gasteiger partial charge < -0.3 is 14.2 Å². The molecule has 0 aromatic carbocycles. The monoisotopic (exact) mass is 1070 g/mol. The molecule has 0 aliphatic rings. The van der Waals surface area contributed by atoms with Crippen LogP contribution < -0.4 is 0 Å². The minimum atomic E-state index is -0.777. The highest BCUT2D eigenvalue weighted by Gasteiger charge is 2.19. The van der Waals surface area contributed by atoms with Crippen molar-refractivity contribution in [1.29, 1.82) is 0 Å². The van der Waals surface area contributed by atoms with Crippen molar-refractivity contribution in [1.82, 2.24) is 0 Å². The molecule has 0 rings (SSSR count). The summed E-state index contributed by atoms with van der Waals surface area (Å²) in [5.41, 5.74) is 0. The predicted molar refractivity (Wildman–Crippen MR) is 334 cm³/mol. The van der Waals surface area contributed by atoms with E-state index in [9.17, 15) is 14.4 Å². The zero-order valence-electron chi connectivity index (χ0n) is 51.0. The molecule has 1 unspecified atom stereocenters. The fourth-order valence-corrected chi connectivity index (χ4v) is 9.44. The first-order chi connectivity index (χ1) is 38.0. The van der Waals surface area contributed by atoms with E-state index in [0.717, 1.165) is 103 Å². The molecule has 0 radical (unpaired) electrons. The SMILES string of the molecule is CC/C=C\C/C=C\C/C=C\C/C=C\C/C=C\C/C=C\CCCCCCCCCCCCCCCCC(=O)OCC(COC(=O)CCCCCCCCCCCCCC)OC(=O)CCCCCCC/C=C\CCCCCCC. The van der Waals surface area contributed by atoms with Crippen molar-refractivity contribution in [3.05, 3.63) is 85.1 Å². The molecule has 0 aromatic heterocycles. The first-order valence-corrected chi connectivity index (χ1v) is 33.1. The van der Waals surface area contributed by atoms with Crippen molar-refractivity contribution in [3.8, 4) is 0 Å². The number of hydrogen-bond acceptors (Lipinski definition) is 6. The third-order valence-corrected chi connectivity index (χ3v) is 14.4. The van der Waals surface area contributed by atoms with Gasteiger partial charge in [0.25, 0.3) is 0 Å². The van der Waals surface area contributed by atoms with Crippen molar-refractivity contribution in [2.24, 2.45) is 0 Å². The minimum Gasteiger partial charge on any atom is -0.462 e. The van der Waals surface area contributed by atoms with Gasteiger partial charge in [0.2, 0.25) is 0 Å². The fraction of sp³-hybridized carbons (Fsp3) is 0.761. The van der Waals surface area contributed by atoms with Crippen LogP contribution in [0.25, 0.3) is 0 Å². The number of carbonyl (C=O) groups is 3. The van der Waals surface area contributed by atoms with Gasteiger partial charge in [-0.25, -0.2) is 0 Å². The van der Waals surface area contributed by atoms with E-state index < -0.39 is 6.10 Å². The molecule has 0 aromatic rings. The Bertz CT molecular complexity index is 1470. The molecular weight excluding hydrogens is 949 g/mol. The number of unbranched alkanes of at least 4 members (excludes halogenated alkanes) is 35. The lowest BCUT2D eigenvalue weighted by atomic mass is 10.0. The maximum absolute atomic E-state index is 12.9. The van der Waals surface area contributed by atoms with Crippen LogP contribution in [0.3, 0.4) is 0 Å². The van der Waals surface area contributed by atoms with Crippen LogP contribution in [0.5, 0.6) is 0 Å². The Morgan fingerprint density at radius 1 is 0.273 bits per heavy atom. The third-order valence-electron chi connectivity index (χ3n) is 14.4. The van der Waals surface area contributed by atoms with Crippen LogP contribution >= 0.6 is 0 Å². The molecule has 6 heteroatoms. The molecule has 0 aliphatic carbocycles. The minimum absolute atomic E-state index is 0.0747. The average molecular weight is 1070 g/mol. The summed E-state index contributed by atoms with van der Waals surface area (Å²) in [6.45, 7) is 6.54. The molecule has 6 nitrogen and oxygen atoms in total. The number of hydrogen-bond donors (Lipinski definition) is 0. The molecule has 1 atom stereocenters. The Kier molecular flexibility index (Phi) is 62.2. The molecule has 0 aliphatic heterocycles. The largest absolute Gasteiger partial charge is 0.462 e. The molecule has 0 bridgehead atoms. The molecule has 0 heterocycles. The number of allylic oxidation sites excluding steroid dienone is 14. The van der Waals surface area contributed by atoms with Crippen LogP contribution in [-0.4, -0.2) is 37.2 Å². The van der Waals surface area contributed by atoms with E-state index >= 15 is 0 Å². The fourth-order valence-electron chi connectivity index (χ4n) is 9.44. The normalized spacial score (nSPS) is 12.6. The van der Waals surface area contributed by atoms with Crippen LogP contribution in [0, 0.1) is 0 Å². The summed E-state index contributed by atoms with van der Waals surface area (Å²) in [5.74, 6) is -0.870. The Hall–Kier alpha value is -3.41. The summed E-state index contributed by atoms with van der Waals surface area (Å²) >= 11 is 0. The van der Waals surface area contributed by atoms with Crippen LogP contribution in [0.15, 0.2) is 85.1 Å². The Morgan fingerprint density at radius 2 is 0.506 bits per heavy atom. The lowest BCUT2D eigenvalue weighted by molar-refractivity contribution is -0.167. The molecule has 77 heavy (non-hydrogen) atoms. The third kappa shape index (κ3) is 63.3. The van der Waals surface area contributed by atoms with E-state index in [1.54, 1.807) is 0 Å². The maximum atomic E-state index is 12.9. The molecule has 0 spiro atoms. The first kappa shape index (κ1) is 73.6. The van der Waals surface area contributed by atoms with Gasteiger partial charge in [-0.15, -0.1) is 0 Å². The number of carbonyl (C=O) groups excluding carboxylic acids is 3. The zero-order valence-corrected chi connectivity index (χ0v) is 51.0. The zero-order chi connectivity index (χ0) is 55.7. The summed E-state index contributed by atoms with van der Waals surface area (Å²) in [4.78, 5) is 38.2. The topological polar surface area (TPSA) is 78.9 Å². The lowest BCUT2D eigenvalue weighted by Crippen LogP contribution is -2.30. The number of ether oxygens (including phenoxy) is 3. The molecule has 0 fully saturated rings. The summed E-state index contributed by atoms with van der Waals surface area (Å²) < 4.78 is 16.9. The highest BCUT2D eigenvalue weighted by Crippen LogP contribution is 2.17. The van der Waals surface area contributed by atoms with Gasteiger partial charge in [0.05, 0.1) is 0 Å². The average Bonchev–Trinajstić information content (AvgIpc) is 3.43. The van der Waals surface area contributed by atoms with Crippen molar-refractivity contribution in [2.45, 2.75) is 335 Å². The molecular formula is C71H124O6. The lowest BCUT2D eigenvalue weighted by Gasteiger charge is -2.18. The second kappa shape index (κ2) is 65.1. The second-order valence-corrected chi connectivity index (χ2v) is 22.0. The molecule has 0 N–H and O–H groups in total. The number of esters is 3. The van der Waals surface area contributed by atoms with Gasteiger partial charge >= 0.3 is 17.9 Å². The van der Waals surface area contributed by atoms with E-state index in [0.29, 0.717) is 19.3 Å². The summed E-state index contributed by atoms with van der Waals surface area (Å²) in [5, 5.41) is 0. The van der Waals surface area contributed by atoms with Gasteiger partial charge in [0.1, 0.15) is 13.2 Å². The predicted octanol–water partition coefficient (Wildman–Crippen LogP) is 22.7. The quantitative estimate of drug-likeness (QED) is 0.0261. The van der Waals surface area contributed by atoms with Crippen LogP contribution in [-0.2, 0) is 28.6 Å². The van der Waals surface area contributed by atoms with Gasteiger partial charge in [-0.1, -0.05) is 298 Å². The van der Waals surface area contributed by atoms with Crippen LogP contribution in [0.1, 0.15) is 329 Å². The molecule has 0 saturated heterocycles. The van der Waals surface area contributed by atoms with Gasteiger partial charge in [-0.05, 0) is 96.3 Å². The van der Waals surface area contributed by atoms with Gasteiger partial charge in [0.15, 0.2) is 6.10 Å². The smallest absolute Gasteiger partial charge is 0.306 e. The standard InChI is InChI=1S/C71H124O6/c1-4-7-10-13-16-19-22-25-27-28-29-30-31-32-33-34-35-36-37-38-39-40-41-42-43-44-45-47-49-52-55-58-61-64-70(73)76-67-68(66-75-69(72)63-60-57-54-51-48-24-21-18-15-12-9-6-3)77-71(74)65-62-59-56-53-50-46-26-23-20-17-14-11-8-5-2/h7,10,16,19,23,25-27,29-30,32-33,35-36,68H,4-6,8-9,11-15,17-18,20-22,24,28,31,34,37-67H2,1-3H3/b10-7-,19-16-,26-23-,27-25-,30-29-,33-32-,36-35-. The molecule has 444 valence electrons. The maximum Gasteiger partial charge on any atom is 0.306 e. The Morgan fingerprint density at radius 3 is 0.805 bits per heavy atom. The van der Waals surface area contributed by atoms with E-state index in [1.807, 2.05) is 0 Å². The first-order valence-electron chi connectivity index (χ1n) is 33.1. The van der Waals surface area contributed by atoms with E-state index in [2.05, 4.69) is 106 Å². The van der Waals surface area contributed by atoms with Crippen molar-refractivity contribution in [3.63, 3.8) is 0 Å². The Labute approximate surface area is 477 Å². The van der Waals surface area contributed by atoms with Gasteiger partial charge in [0, 0.05) is 19.3 Å². The Balaban J connectivity index is 4.14.